The topological polar surface area (TPSA) is 102 Å². The van der Waals surface area contributed by atoms with Gasteiger partial charge in [-0.1, -0.05) is 6.07 Å². The minimum atomic E-state index is -0.513. The number of hydrogen-bond donors (Lipinski definition) is 2. The van der Waals surface area contributed by atoms with Gasteiger partial charge in [0, 0.05) is 6.61 Å². The van der Waals surface area contributed by atoms with Crippen molar-refractivity contribution in [2.75, 3.05) is 40.1 Å². The smallest absolute Gasteiger partial charge is 0.161 e. The van der Waals surface area contributed by atoms with Gasteiger partial charge in [-0.15, -0.1) is 0 Å². The van der Waals surface area contributed by atoms with Gasteiger partial charge in [-0.3, -0.25) is 0 Å². The molecule has 3 rings (SSSR count). The van der Waals surface area contributed by atoms with E-state index in [0.29, 0.717) is 55.8 Å². The third-order valence-corrected chi connectivity index (χ3v) is 5.42. The van der Waals surface area contributed by atoms with E-state index in [2.05, 4.69) is 0 Å². The van der Waals surface area contributed by atoms with Crippen LogP contribution in [0.15, 0.2) is 42.5 Å². The first-order valence-corrected chi connectivity index (χ1v) is 11.9. The van der Waals surface area contributed by atoms with Gasteiger partial charge in [-0.25, -0.2) is 0 Å². The third kappa shape index (κ3) is 9.02. The van der Waals surface area contributed by atoms with E-state index in [0.717, 1.165) is 37.9 Å². The Morgan fingerprint density at radius 3 is 2.47 bits per heavy atom. The Balaban J connectivity index is 1.37. The summed E-state index contributed by atoms with van der Waals surface area (Å²) in [6.45, 7) is 2.79. The lowest BCUT2D eigenvalue weighted by molar-refractivity contribution is -0.168. The Hall–Kier alpha value is -2.52. The van der Waals surface area contributed by atoms with Gasteiger partial charge in [0.25, 0.3) is 0 Å². The molecule has 0 bridgehead atoms. The summed E-state index contributed by atoms with van der Waals surface area (Å²) >= 11 is 0. The first-order chi connectivity index (χ1) is 16.7. The highest BCUT2D eigenvalue weighted by Gasteiger charge is 2.15. The van der Waals surface area contributed by atoms with E-state index >= 15 is 0 Å². The van der Waals surface area contributed by atoms with E-state index in [9.17, 15) is 5.11 Å². The molecule has 0 spiro atoms. The van der Waals surface area contributed by atoms with Crippen molar-refractivity contribution in [2.24, 2.45) is 5.73 Å². The fourth-order valence-corrected chi connectivity index (χ4v) is 3.53. The minimum absolute atomic E-state index is 0.124. The minimum Gasteiger partial charge on any atom is -0.493 e. The Labute approximate surface area is 201 Å². The summed E-state index contributed by atoms with van der Waals surface area (Å²) in [6.07, 6.45) is 3.95. The van der Waals surface area contributed by atoms with Gasteiger partial charge in [-0.2, -0.15) is 0 Å². The molecule has 1 saturated heterocycles. The summed E-state index contributed by atoms with van der Waals surface area (Å²) in [5.41, 5.74) is 6.45. The molecule has 3 N–H and O–H groups in total. The second kappa shape index (κ2) is 14.7. The molecule has 2 atom stereocenters. The largest absolute Gasteiger partial charge is 0.493 e. The molecule has 1 aliphatic rings. The van der Waals surface area contributed by atoms with Gasteiger partial charge >= 0.3 is 0 Å². The number of methoxy groups -OCH3 is 1. The van der Waals surface area contributed by atoms with Gasteiger partial charge in [0.05, 0.1) is 19.8 Å². The van der Waals surface area contributed by atoms with Crippen molar-refractivity contribution in [1.29, 1.82) is 0 Å². The zero-order chi connectivity index (χ0) is 24.0. The molecule has 1 heterocycles. The highest BCUT2D eigenvalue weighted by molar-refractivity contribution is 5.42. The Morgan fingerprint density at radius 2 is 1.76 bits per heavy atom. The van der Waals surface area contributed by atoms with Crippen molar-refractivity contribution in [3.8, 4) is 23.0 Å². The van der Waals surface area contributed by atoms with E-state index in [1.54, 1.807) is 7.11 Å². The average Bonchev–Trinajstić information content (AvgIpc) is 2.89. The maximum atomic E-state index is 9.83. The summed E-state index contributed by atoms with van der Waals surface area (Å²) in [7, 11) is 1.62. The molecule has 1 unspecified atom stereocenters. The van der Waals surface area contributed by atoms with Crippen LogP contribution in [0.4, 0.5) is 0 Å². The Morgan fingerprint density at radius 1 is 1.00 bits per heavy atom. The van der Waals surface area contributed by atoms with E-state index in [1.807, 2.05) is 42.5 Å². The van der Waals surface area contributed by atoms with E-state index in [-0.39, 0.29) is 12.9 Å². The fourth-order valence-electron chi connectivity index (χ4n) is 3.53. The van der Waals surface area contributed by atoms with Crippen molar-refractivity contribution in [3.05, 3.63) is 48.0 Å². The van der Waals surface area contributed by atoms with E-state index < -0.39 is 6.10 Å². The van der Waals surface area contributed by atoms with Crippen LogP contribution in [0.2, 0.25) is 0 Å². The second-order valence-electron chi connectivity index (χ2n) is 8.16. The number of nitrogens with two attached hydrogens (primary N) is 1. The predicted octanol–water partition coefficient (Wildman–Crippen LogP) is 3.67. The van der Waals surface area contributed by atoms with Gasteiger partial charge in [0.2, 0.25) is 0 Å². The van der Waals surface area contributed by atoms with Crippen molar-refractivity contribution in [1.82, 2.24) is 0 Å². The lowest BCUT2D eigenvalue weighted by Crippen LogP contribution is -2.22. The molecule has 0 saturated carbocycles. The van der Waals surface area contributed by atoms with Crippen LogP contribution >= 0.6 is 0 Å². The zero-order valence-corrected chi connectivity index (χ0v) is 19.9. The van der Waals surface area contributed by atoms with Crippen LogP contribution in [0.5, 0.6) is 23.0 Å². The molecule has 8 heteroatoms. The first kappa shape index (κ1) is 26.1. The molecule has 188 valence electrons. The molecule has 0 amide bonds. The standard InChI is InChI=1S/C26H37NO7/c1-29-25-17-20(18-34-26-6-2-3-14-32-26)7-12-24(25)31-16-15-30-22-8-10-23(11-9-22)33-19-21(28)5-4-13-27/h7-12,17,21,26,28H,2-6,13-16,18-19,27H2,1H3/t21-,26?/m1/s1. The van der Waals surface area contributed by atoms with Crippen molar-refractivity contribution >= 4 is 0 Å². The monoisotopic (exact) mass is 475 g/mol. The van der Waals surface area contributed by atoms with Crippen molar-refractivity contribution < 1.29 is 33.5 Å². The lowest BCUT2D eigenvalue weighted by Gasteiger charge is -2.22. The summed E-state index contributed by atoms with van der Waals surface area (Å²) in [4.78, 5) is 0. The maximum absolute atomic E-state index is 9.83. The van der Waals surface area contributed by atoms with Crippen LogP contribution in [-0.4, -0.2) is 57.6 Å². The Bertz CT molecular complexity index is 824. The molecule has 8 nitrogen and oxygen atoms in total. The average molecular weight is 476 g/mol. The predicted molar refractivity (Wildman–Crippen MR) is 129 cm³/mol. The van der Waals surface area contributed by atoms with Crippen LogP contribution in [0.25, 0.3) is 0 Å². The maximum Gasteiger partial charge on any atom is 0.161 e. The van der Waals surface area contributed by atoms with Gasteiger partial charge < -0.3 is 39.3 Å². The molecule has 2 aromatic rings. The Kier molecular flexibility index (Phi) is 11.3. The molecule has 0 radical (unpaired) electrons. The SMILES string of the molecule is COc1cc(COC2CCCCO2)ccc1OCCOc1ccc(OC[C@H](O)CCCN)cc1. The number of rotatable bonds is 15. The van der Waals surface area contributed by atoms with Crippen molar-refractivity contribution in [2.45, 2.75) is 51.1 Å². The number of aliphatic hydroxyl groups excluding tert-OH is 1. The van der Waals surface area contributed by atoms with Crippen LogP contribution in [0.1, 0.15) is 37.7 Å². The molecule has 34 heavy (non-hydrogen) atoms. The lowest BCUT2D eigenvalue weighted by atomic mass is 10.2. The van der Waals surface area contributed by atoms with E-state index in [1.165, 1.54) is 0 Å². The first-order valence-electron chi connectivity index (χ1n) is 11.9. The summed E-state index contributed by atoms with van der Waals surface area (Å²) < 4.78 is 34.1. The van der Waals surface area contributed by atoms with Crippen LogP contribution in [0, 0.1) is 0 Å². The second-order valence-corrected chi connectivity index (χ2v) is 8.16. The molecule has 1 aliphatic heterocycles. The summed E-state index contributed by atoms with van der Waals surface area (Å²) in [5, 5.41) is 9.83. The summed E-state index contributed by atoms with van der Waals surface area (Å²) in [5.74, 6) is 2.70. The zero-order valence-electron chi connectivity index (χ0n) is 19.9. The normalized spacial score (nSPS) is 16.6. The highest BCUT2D eigenvalue weighted by Crippen LogP contribution is 2.29. The fraction of sp³-hybridized carbons (Fsp3) is 0.538. The van der Waals surface area contributed by atoms with Gasteiger partial charge in [-0.05, 0) is 80.6 Å². The van der Waals surface area contributed by atoms with Crippen molar-refractivity contribution in [3.63, 3.8) is 0 Å². The quantitative estimate of drug-likeness (QED) is 0.376. The van der Waals surface area contributed by atoms with E-state index in [4.69, 9.17) is 34.2 Å². The highest BCUT2D eigenvalue weighted by atomic mass is 16.7. The van der Waals surface area contributed by atoms with Crippen LogP contribution in [0.3, 0.4) is 0 Å². The summed E-state index contributed by atoms with van der Waals surface area (Å²) in [6, 6.07) is 13.0. The number of hydrogen-bond acceptors (Lipinski definition) is 8. The van der Waals surface area contributed by atoms with Gasteiger partial charge in [0.15, 0.2) is 17.8 Å². The molecule has 0 aliphatic carbocycles. The third-order valence-electron chi connectivity index (χ3n) is 5.42. The van der Waals surface area contributed by atoms with Crippen LogP contribution < -0.4 is 24.7 Å². The van der Waals surface area contributed by atoms with Gasteiger partial charge in [0.1, 0.15) is 31.3 Å². The van der Waals surface area contributed by atoms with Crippen LogP contribution in [-0.2, 0) is 16.1 Å². The molecule has 1 fully saturated rings. The molecular weight excluding hydrogens is 438 g/mol. The molecular formula is C26H37NO7. The number of ether oxygens (including phenoxy) is 6. The number of aliphatic hydroxyl groups is 1. The molecule has 2 aromatic carbocycles. The molecule has 0 aromatic heterocycles. The number of benzene rings is 2.